The maximum Gasteiger partial charge on any atom is 0.259 e. The quantitative estimate of drug-likeness (QED) is 0.381. The summed E-state index contributed by atoms with van der Waals surface area (Å²) >= 11 is 1.23. The molecule has 3 aliphatic rings. The lowest BCUT2D eigenvalue weighted by Gasteiger charge is -2.27. The van der Waals surface area contributed by atoms with Gasteiger partial charge in [-0.25, -0.2) is 9.89 Å². The Morgan fingerprint density at radius 3 is 2.56 bits per heavy atom. The molecule has 0 saturated heterocycles. The fraction of sp³-hybridized carbons (Fsp3) is 0.281. The zero-order chi connectivity index (χ0) is 29.9. The van der Waals surface area contributed by atoms with Crippen molar-refractivity contribution in [3.05, 3.63) is 89.0 Å². The third-order valence-electron chi connectivity index (χ3n) is 7.35. The van der Waals surface area contributed by atoms with Crippen LogP contribution >= 0.6 is 11.8 Å². The van der Waals surface area contributed by atoms with Gasteiger partial charge in [-0.05, 0) is 48.7 Å². The number of amidine groups is 2. The first kappa shape index (κ1) is 28.5. The summed E-state index contributed by atoms with van der Waals surface area (Å²) in [4.78, 5) is 50.7. The van der Waals surface area contributed by atoms with Crippen LogP contribution in [0.5, 0.6) is 11.5 Å². The van der Waals surface area contributed by atoms with Crippen LogP contribution in [0.1, 0.15) is 42.0 Å². The number of thioether (sulfide) groups is 1. The van der Waals surface area contributed by atoms with E-state index in [9.17, 15) is 14.4 Å². The number of benzene rings is 3. The van der Waals surface area contributed by atoms with Crippen molar-refractivity contribution in [1.82, 2.24) is 15.5 Å². The van der Waals surface area contributed by atoms with Crippen LogP contribution in [0.2, 0.25) is 0 Å². The van der Waals surface area contributed by atoms with Crippen LogP contribution in [0.15, 0.2) is 76.7 Å². The van der Waals surface area contributed by atoms with Crippen LogP contribution in [0.3, 0.4) is 0 Å². The monoisotopic (exact) mass is 597 g/mol. The Kier molecular flexibility index (Phi) is 8.15. The van der Waals surface area contributed by atoms with Gasteiger partial charge in [0.05, 0.1) is 17.4 Å². The molecular weight excluding hydrogens is 566 g/mol. The van der Waals surface area contributed by atoms with Crippen LogP contribution in [0, 0.1) is 6.92 Å². The first-order valence-electron chi connectivity index (χ1n) is 14.1. The zero-order valence-electron chi connectivity index (χ0n) is 23.8. The summed E-state index contributed by atoms with van der Waals surface area (Å²) in [7, 11) is 0. The Labute approximate surface area is 253 Å². The second-order valence-electron chi connectivity index (χ2n) is 10.4. The molecule has 0 saturated carbocycles. The molecular formula is C32H31N5O5S. The molecule has 0 radical (unpaired) electrons. The number of hydrogen-bond acceptors (Lipinski definition) is 8. The molecule has 0 aromatic heterocycles. The number of carbonyl (C=O) groups excluding carboxylic acids is 3. The Morgan fingerprint density at radius 2 is 1.74 bits per heavy atom. The summed E-state index contributed by atoms with van der Waals surface area (Å²) in [6.07, 6.45) is 0.420. The van der Waals surface area contributed by atoms with E-state index in [4.69, 9.17) is 14.5 Å². The predicted octanol–water partition coefficient (Wildman–Crippen LogP) is 4.22. The van der Waals surface area contributed by atoms with E-state index in [2.05, 4.69) is 15.6 Å². The van der Waals surface area contributed by atoms with Crippen molar-refractivity contribution in [1.29, 1.82) is 0 Å². The van der Waals surface area contributed by atoms with E-state index >= 15 is 0 Å². The molecule has 2 N–H and O–H groups in total. The third-order valence-corrected chi connectivity index (χ3v) is 8.67. The van der Waals surface area contributed by atoms with Gasteiger partial charge in [-0.2, -0.15) is 0 Å². The highest BCUT2D eigenvalue weighted by molar-refractivity contribution is 8.15. The number of fused-ring (bicyclic) bond motifs is 4. The Balaban J connectivity index is 1.14. The minimum Gasteiger partial charge on any atom is -0.454 e. The Hall–Kier alpha value is -4.64. The van der Waals surface area contributed by atoms with Gasteiger partial charge in [-0.3, -0.25) is 19.4 Å². The lowest BCUT2D eigenvalue weighted by Crippen LogP contribution is -2.43. The summed E-state index contributed by atoms with van der Waals surface area (Å²) in [5.74, 6) is 0.966. The Morgan fingerprint density at radius 1 is 1.00 bits per heavy atom. The summed E-state index contributed by atoms with van der Waals surface area (Å²) in [5, 5.41) is 5.78. The molecule has 3 aliphatic heterocycles. The van der Waals surface area contributed by atoms with Gasteiger partial charge in [0.25, 0.3) is 5.91 Å². The van der Waals surface area contributed by atoms with Gasteiger partial charge < -0.3 is 20.1 Å². The fourth-order valence-corrected chi connectivity index (χ4v) is 6.02. The second kappa shape index (κ2) is 12.3. The summed E-state index contributed by atoms with van der Waals surface area (Å²) in [6.45, 7) is 4.80. The molecule has 3 heterocycles. The topological polar surface area (TPSA) is 122 Å². The number of para-hydroxylation sites is 1. The highest BCUT2D eigenvalue weighted by Gasteiger charge is 2.43. The van der Waals surface area contributed by atoms with Crippen molar-refractivity contribution in [2.24, 2.45) is 9.98 Å². The van der Waals surface area contributed by atoms with Crippen molar-refractivity contribution in [3.63, 3.8) is 0 Å². The van der Waals surface area contributed by atoms with Gasteiger partial charge in [0.2, 0.25) is 18.6 Å². The van der Waals surface area contributed by atoms with Gasteiger partial charge >= 0.3 is 0 Å². The van der Waals surface area contributed by atoms with Crippen LogP contribution in [0.4, 0.5) is 5.69 Å². The molecule has 0 aliphatic carbocycles. The number of carbonyl (C=O) groups is 3. The standard InChI is InChI=1S/C32H31N5O5S/c1-3-27(30(39)34-16-20-10-8-19(2)9-11-20)43-32-36-23-7-5-4-6-22(23)29-35-24(31(40)37(29)32)15-28(38)33-17-21-12-13-25-26(14-21)42-18-41-25/h4-14,24,27H,3,15-18H2,1-2H3,(H,33,38)(H,34,39)/t24-,27-/m1/s1. The minimum atomic E-state index is -0.904. The van der Waals surface area contributed by atoms with Crippen LogP contribution in [0.25, 0.3) is 0 Å². The number of nitrogens with zero attached hydrogens (tertiary/aromatic N) is 3. The van der Waals surface area contributed by atoms with Crippen molar-refractivity contribution in [3.8, 4) is 11.5 Å². The molecule has 3 aromatic carbocycles. The zero-order valence-corrected chi connectivity index (χ0v) is 24.6. The number of rotatable bonds is 9. The van der Waals surface area contributed by atoms with E-state index in [0.29, 0.717) is 46.7 Å². The van der Waals surface area contributed by atoms with Gasteiger partial charge in [0, 0.05) is 18.7 Å². The van der Waals surface area contributed by atoms with E-state index in [1.807, 2.05) is 74.5 Å². The number of nitrogens with one attached hydrogen (secondary N) is 2. The smallest absolute Gasteiger partial charge is 0.259 e. The maximum atomic E-state index is 13.7. The van der Waals surface area contributed by atoms with Crippen molar-refractivity contribution < 1.29 is 23.9 Å². The third kappa shape index (κ3) is 6.12. The first-order chi connectivity index (χ1) is 20.9. The van der Waals surface area contributed by atoms with Gasteiger partial charge in [-0.1, -0.05) is 66.7 Å². The molecule has 0 bridgehead atoms. The lowest BCUT2D eigenvalue weighted by atomic mass is 10.1. The molecule has 220 valence electrons. The molecule has 6 rings (SSSR count). The molecule has 0 spiro atoms. The number of aliphatic imine (C=N–C) groups is 2. The van der Waals surface area contributed by atoms with Gasteiger partial charge in [0.15, 0.2) is 16.7 Å². The number of aryl methyl sites for hydroxylation is 1. The molecule has 10 nitrogen and oxygen atoms in total. The van der Waals surface area contributed by atoms with Gasteiger partial charge in [0.1, 0.15) is 11.9 Å². The van der Waals surface area contributed by atoms with Crippen LogP contribution in [-0.4, -0.2) is 51.7 Å². The van der Waals surface area contributed by atoms with E-state index in [0.717, 1.165) is 16.7 Å². The van der Waals surface area contributed by atoms with E-state index in [-0.39, 0.29) is 37.5 Å². The highest BCUT2D eigenvalue weighted by atomic mass is 32.2. The minimum absolute atomic E-state index is 0.113. The van der Waals surface area contributed by atoms with Crippen LogP contribution in [-0.2, 0) is 27.5 Å². The Bertz CT molecular complexity index is 1640. The van der Waals surface area contributed by atoms with Crippen LogP contribution < -0.4 is 20.1 Å². The SMILES string of the molecule is CC[C@@H](SC1=Nc2ccccc2C2=N[C@H](CC(=O)NCc3ccc4c(c3)OCO4)C(=O)N12)C(=O)NCc1ccc(C)cc1. The van der Waals surface area contributed by atoms with E-state index in [1.54, 1.807) is 6.07 Å². The van der Waals surface area contributed by atoms with Crippen molar-refractivity contribution >= 4 is 46.2 Å². The highest BCUT2D eigenvalue weighted by Crippen LogP contribution is 2.36. The summed E-state index contributed by atoms with van der Waals surface area (Å²) < 4.78 is 10.7. The lowest BCUT2D eigenvalue weighted by molar-refractivity contribution is -0.128. The maximum absolute atomic E-state index is 13.7. The number of amides is 3. The molecule has 43 heavy (non-hydrogen) atoms. The average molecular weight is 598 g/mol. The first-order valence-corrected chi connectivity index (χ1v) is 15.0. The summed E-state index contributed by atoms with van der Waals surface area (Å²) in [5.41, 5.74) is 4.38. The normalized spacial score (nSPS) is 17.0. The largest absolute Gasteiger partial charge is 0.454 e. The fourth-order valence-electron chi connectivity index (χ4n) is 4.97. The molecule has 3 aromatic rings. The molecule has 2 atom stereocenters. The number of hydrogen-bond donors (Lipinski definition) is 2. The predicted molar refractivity (Wildman–Crippen MR) is 164 cm³/mol. The molecule has 0 unspecified atom stereocenters. The van der Waals surface area contributed by atoms with Gasteiger partial charge in [-0.15, -0.1) is 0 Å². The van der Waals surface area contributed by atoms with Crippen molar-refractivity contribution in [2.75, 3.05) is 6.79 Å². The van der Waals surface area contributed by atoms with Crippen molar-refractivity contribution in [2.45, 2.75) is 51.1 Å². The van der Waals surface area contributed by atoms with E-state index < -0.39 is 11.3 Å². The average Bonchev–Trinajstić information content (AvgIpc) is 3.62. The summed E-state index contributed by atoms with van der Waals surface area (Å²) in [6, 6.07) is 20.0. The van der Waals surface area contributed by atoms with E-state index in [1.165, 1.54) is 16.7 Å². The number of ether oxygens (including phenoxy) is 2. The molecule has 0 fully saturated rings. The second-order valence-corrected chi connectivity index (χ2v) is 11.6. The molecule has 11 heteroatoms. The molecule has 3 amide bonds.